The normalized spacial score (nSPS) is 10.9. The lowest BCUT2D eigenvalue weighted by Crippen LogP contribution is -2.31. The molecule has 0 bridgehead atoms. The van der Waals surface area contributed by atoms with Gasteiger partial charge in [-0.05, 0) is 44.4 Å². The molecule has 0 atom stereocenters. The zero-order chi connectivity index (χ0) is 18.5. The third-order valence-electron chi connectivity index (χ3n) is 3.86. The molecule has 0 radical (unpaired) electrons. The molecule has 0 aliphatic heterocycles. The maximum absolute atomic E-state index is 12.5. The largest absolute Gasteiger partial charge is 0.411 e. The molecule has 3 rings (SSSR count). The van der Waals surface area contributed by atoms with Crippen LogP contribution in [-0.4, -0.2) is 33.3 Å². The van der Waals surface area contributed by atoms with Crippen LogP contribution in [0.4, 0.5) is 0 Å². The average Bonchev–Trinajstić information content (AvgIpc) is 3.28. The summed E-state index contributed by atoms with van der Waals surface area (Å²) in [7, 11) is 0. The fourth-order valence-corrected chi connectivity index (χ4v) is 4.05. The summed E-state index contributed by atoms with van der Waals surface area (Å²) >= 11 is 2.94. The van der Waals surface area contributed by atoms with Gasteiger partial charge in [-0.25, -0.2) is 0 Å². The van der Waals surface area contributed by atoms with Crippen LogP contribution in [0, 0.1) is 13.8 Å². The number of thiophene rings is 1. The fourth-order valence-electron chi connectivity index (χ4n) is 2.66. The lowest BCUT2D eigenvalue weighted by molar-refractivity contribution is -0.128. The number of carbonyl (C=O) groups excluding carboxylic acids is 1. The van der Waals surface area contributed by atoms with Gasteiger partial charge in [0.2, 0.25) is 11.8 Å². The van der Waals surface area contributed by atoms with E-state index >= 15 is 0 Å². The molecule has 5 nitrogen and oxygen atoms in total. The quantitative estimate of drug-likeness (QED) is 0.556. The molecule has 0 saturated carbocycles. The van der Waals surface area contributed by atoms with E-state index in [-0.39, 0.29) is 11.7 Å². The number of thioether (sulfide) groups is 1. The Morgan fingerprint density at radius 1 is 1.23 bits per heavy atom. The first-order valence-corrected chi connectivity index (χ1v) is 10.3. The molecular formula is C19H21N3O2S2. The van der Waals surface area contributed by atoms with E-state index in [9.17, 15) is 4.79 Å². The van der Waals surface area contributed by atoms with E-state index in [0.717, 1.165) is 16.7 Å². The molecule has 0 fully saturated rings. The fraction of sp³-hybridized carbons (Fsp3) is 0.316. The van der Waals surface area contributed by atoms with Crippen LogP contribution in [0.25, 0.3) is 11.5 Å². The van der Waals surface area contributed by atoms with E-state index in [4.69, 9.17) is 4.42 Å². The first kappa shape index (κ1) is 18.7. The van der Waals surface area contributed by atoms with Crippen molar-refractivity contribution < 1.29 is 9.21 Å². The number of hydrogen-bond donors (Lipinski definition) is 0. The molecule has 26 heavy (non-hydrogen) atoms. The second-order valence-electron chi connectivity index (χ2n) is 6.03. The number of nitrogens with zero attached hydrogens (tertiary/aromatic N) is 3. The number of amides is 1. The van der Waals surface area contributed by atoms with Crippen LogP contribution >= 0.6 is 23.1 Å². The second-order valence-corrected chi connectivity index (χ2v) is 7.98. The van der Waals surface area contributed by atoms with Crippen LogP contribution in [-0.2, 0) is 11.3 Å². The predicted molar refractivity (Wildman–Crippen MR) is 105 cm³/mol. The minimum Gasteiger partial charge on any atom is -0.411 e. The summed E-state index contributed by atoms with van der Waals surface area (Å²) in [6.07, 6.45) is 0. The molecule has 0 unspecified atom stereocenters. The average molecular weight is 388 g/mol. The van der Waals surface area contributed by atoms with Crippen LogP contribution < -0.4 is 0 Å². The standard InChI is InChI=1S/C19H21N3O2S2/c1-4-22(11-16-6-5-7-25-16)17(23)12-26-19-21-20-18(24-19)15-9-13(2)8-14(3)10-15/h5-10H,4,11-12H2,1-3H3. The number of aromatic nitrogens is 2. The second kappa shape index (κ2) is 8.51. The van der Waals surface area contributed by atoms with Gasteiger partial charge in [-0.3, -0.25) is 4.79 Å². The zero-order valence-corrected chi connectivity index (χ0v) is 16.7. The van der Waals surface area contributed by atoms with Crippen molar-refractivity contribution in [3.8, 4) is 11.5 Å². The van der Waals surface area contributed by atoms with Gasteiger partial charge in [0.1, 0.15) is 0 Å². The summed E-state index contributed by atoms with van der Waals surface area (Å²) in [6, 6.07) is 10.2. The van der Waals surface area contributed by atoms with E-state index in [2.05, 4.69) is 16.3 Å². The van der Waals surface area contributed by atoms with Gasteiger partial charge in [0, 0.05) is 17.0 Å². The van der Waals surface area contributed by atoms with Crippen molar-refractivity contribution >= 4 is 29.0 Å². The number of benzene rings is 1. The van der Waals surface area contributed by atoms with Crippen molar-refractivity contribution in [2.45, 2.75) is 32.5 Å². The maximum Gasteiger partial charge on any atom is 0.277 e. The molecule has 0 saturated heterocycles. The van der Waals surface area contributed by atoms with Crippen LogP contribution in [0.15, 0.2) is 45.4 Å². The van der Waals surface area contributed by atoms with E-state index < -0.39 is 0 Å². The molecular weight excluding hydrogens is 366 g/mol. The van der Waals surface area contributed by atoms with Crippen molar-refractivity contribution in [1.29, 1.82) is 0 Å². The summed E-state index contributed by atoms with van der Waals surface area (Å²) in [5.41, 5.74) is 3.20. The molecule has 0 aliphatic carbocycles. The van der Waals surface area contributed by atoms with Gasteiger partial charge in [0.25, 0.3) is 5.22 Å². The summed E-state index contributed by atoms with van der Waals surface area (Å²) in [6.45, 7) is 7.38. The molecule has 7 heteroatoms. The highest BCUT2D eigenvalue weighted by Gasteiger charge is 2.16. The van der Waals surface area contributed by atoms with Crippen LogP contribution in [0.2, 0.25) is 0 Å². The summed E-state index contributed by atoms with van der Waals surface area (Å²) in [5.74, 6) is 0.836. The van der Waals surface area contributed by atoms with Crippen molar-refractivity contribution in [2.75, 3.05) is 12.3 Å². The molecule has 1 amide bonds. The monoisotopic (exact) mass is 387 g/mol. The van der Waals surface area contributed by atoms with Gasteiger partial charge >= 0.3 is 0 Å². The van der Waals surface area contributed by atoms with Crippen molar-refractivity contribution in [3.05, 3.63) is 51.7 Å². The summed E-state index contributed by atoms with van der Waals surface area (Å²) in [5, 5.41) is 10.6. The van der Waals surface area contributed by atoms with Crippen molar-refractivity contribution in [1.82, 2.24) is 15.1 Å². The lowest BCUT2D eigenvalue weighted by atomic mass is 10.1. The van der Waals surface area contributed by atoms with E-state index in [1.807, 2.05) is 55.3 Å². The number of rotatable bonds is 7. The summed E-state index contributed by atoms with van der Waals surface area (Å²) in [4.78, 5) is 15.5. The highest BCUT2D eigenvalue weighted by Crippen LogP contribution is 2.25. The molecule has 0 spiro atoms. The van der Waals surface area contributed by atoms with E-state index in [1.54, 1.807) is 11.3 Å². The topological polar surface area (TPSA) is 59.2 Å². The van der Waals surface area contributed by atoms with Gasteiger partial charge in [0.05, 0.1) is 12.3 Å². The number of carbonyl (C=O) groups is 1. The van der Waals surface area contributed by atoms with Gasteiger partial charge < -0.3 is 9.32 Å². The molecule has 2 heterocycles. The molecule has 136 valence electrons. The predicted octanol–water partition coefficient (Wildman–Crippen LogP) is 4.56. The number of aryl methyl sites for hydroxylation is 2. The Morgan fingerprint density at radius 2 is 2.00 bits per heavy atom. The van der Waals surface area contributed by atoms with Gasteiger partial charge in [-0.15, -0.1) is 21.5 Å². The minimum atomic E-state index is 0.0667. The Labute approximate surface area is 161 Å². The van der Waals surface area contributed by atoms with Gasteiger partial charge in [0.15, 0.2) is 0 Å². The maximum atomic E-state index is 12.5. The first-order chi connectivity index (χ1) is 12.5. The summed E-state index contributed by atoms with van der Waals surface area (Å²) < 4.78 is 5.72. The highest BCUT2D eigenvalue weighted by atomic mass is 32.2. The Hall–Kier alpha value is -2.12. The Kier molecular flexibility index (Phi) is 6.11. The van der Waals surface area contributed by atoms with Crippen LogP contribution in [0.5, 0.6) is 0 Å². The smallest absolute Gasteiger partial charge is 0.277 e. The third kappa shape index (κ3) is 4.74. The first-order valence-electron chi connectivity index (χ1n) is 8.40. The van der Waals surface area contributed by atoms with Gasteiger partial charge in [-0.2, -0.15) is 0 Å². The van der Waals surface area contributed by atoms with Crippen LogP contribution in [0.1, 0.15) is 22.9 Å². The zero-order valence-electron chi connectivity index (χ0n) is 15.1. The highest BCUT2D eigenvalue weighted by molar-refractivity contribution is 7.99. The molecule has 3 aromatic rings. The molecule has 0 N–H and O–H groups in total. The van der Waals surface area contributed by atoms with Gasteiger partial charge in [-0.1, -0.05) is 35.0 Å². The molecule has 1 aromatic carbocycles. The Bertz CT molecular complexity index is 855. The van der Waals surface area contributed by atoms with Crippen LogP contribution in [0.3, 0.4) is 0 Å². The Balaban J connectivity index is 1.61. The Morgan fingerprint density at radius 3 is 2.65 bits per heavy atom. The lowest BCUT2D eigenvalue weighted by Gasteiger charge is -2.19. The van der Waals surface area contributed by atoms with E-state index in [1.165, 1.54) is 16.6 Å². The van der Waals surface area contributed by atoms with E-state index in [0.29, 0.717) is 24.2 Å². The number of hydrogen-bond acceptors (Lipinski definition) is 6. The molecule has 0 aliphatic rings. The third-order valence-corrected chi connectivity index (χ3v) is 5.52. The van der Waals surface area contributed by atoms with Crippen molar-refractivity contribution in [2.24, 2.45) is 0 Å². The SMILES string of the molecule is CCN(Cc1cccs1)C(=O)CSc1nnc(-c2cc(C)cc(C)c2)o1. The molecule has 2 aromatic heterocycles. The van der Waals surface area contributed by atoms with Crippen molar-refractivity contribution in [3.63, 3.8) is 0 Å². The minimum absolute atomic E-state index is 0.0667.